The van der Waals surface area contributed by atoms with Gasteiger partial charge in [0.05, 0.1) is 19.3 Å². The summed E-state index contributed by atoms with van der Waals surface area (Å²) in [6.45, 7) is 5.38. The first-order chi connectivity index (χ1) is 13.1. The standard InChI is InChI=1S/C20H22ClN3O3/c1-13-2-5-19(27-13)18(24-6-8-26-9-7-24)12-22-20(25)17-11-14-10-15(21)3-4-16(14)23-17/h2-5,10-11,18,23H,6-9,12H2,1H3,(H,22,25). The summed E-state index contributed by atoms with van der Waals surface area (Å²) in [7, 11) is 0. The smallest absolute Gasteiger partial charge is 0.267 e. The predicted molar refractivity (Wildman–Crippen MR) is 104 cm³/mol. The molecule has 3 heterocycles. The SMILES string of the molecule is Cc1ccc(C(CNC(=O)c2cc3cc(Cl)ccc3[nH]2)N2CCOCC2)o1. The highest BCUT2D eigenvalue weighted by atomic mass is 35.5. The number of furan rings is 1. The van der Waals surface area contributed by atoms with E-state index in [0.717, 1.165) is 35.5 Å². The van der Waals surface area contributed by atoms with Gasteiger partial charge in [-0.05, 0) is 43.3 Å². The third-order valence-electron chi connectivity index (χ3n) is 4.86. The Morgan fingerprint density at radius 2 is 2.07 bits per heavy atom. The molecular weight excluding hydrogens is 366 g/mol. The van der Waals surface area contributed by atoms with Crippen molar-refractivity contribution in [3.63, 3.8) is 0 Å². The summed E-state index contributed by atoms with van der Waals surface area (Å²) in [6, 6.07) is 11.2. The fraction of sp³-hybridized carbons (Fsp3) is 0.350. The number of hydrogen-bond acceptors (Lipinski definition) is 4. The molecule has 1 atom stereocenters. The Labute approximate surface area is 162 Å². The molecule has 0 spiro atoms. The van der Waals surface area contributed by atoms with E-state index < -0.39 is 0 Å². The van der Waals surface area contributed by atoms with Crippen LogP contribution in [-0.2, 0) is 4.74 Å². The molecule has 0 bridgehead atoms. The lowest BCUT2D eigenvalue weighted by molar-refractivity contribution is 0.0117. The van der Waals surface area contributed by atoms with Gasteiger partial charge in [-0.3, -0.25) is 9.69 Å². The van der Waals surface area contributed by atoms with Crippen molar-refractivity contribution in [3.05, 3.63) is 58.6 Å². The number of fused-ring (bicyclic) bond motifs is 1. The van der Waals surface area contributed by atoms with Crippen LogP contribution < -0.4 is 5.32 Å². The molecule has 1 unspecified atom stereocenters. The van der Waals surface area contributed by atoms with Crippen LogP contribution in [0.15, 0.2) is 40.8 Å². The Hall–Kier alpha value is -2.28. The lowest BCUT2D eigenvalue weighted by Crippen LogP contribution is -2.43. The summed E-state index contributed by atoms with van der Waals surface area (Å²) in [6.07, 6.45) is 0. The molecule has 2 aromatic heterocycles. The molecular formula is C20H22ClN3O3. The quantitative estimate of drug-likeness (QED) is 0.702. The highest BCUT2D eigenvalue weighted by molar-refractivity contribution is 6.31. The maximum Gasteiger partial charge on any atom is 0.267 e. The molecule has 0 saturated carbocycles. The van der Waals surface area contributed by atoms with E-state index in [1.54, 1.807) is 6.07 Å². The van der Waals surface area contributed by atoms with Gasteiger partial charge in [0.25, 0.3) is 5.91 Å². The molecule has 7 heteroatoms. The summed E-state index contributed by atoms with van der Waals surface area (Å²) < 4.78 is 11.3. The van der Waals surface area contributed by atoms with E-state index in [4.69, 9.17) is 20.8 Å². The van der Waals surface area contributed by atoms with E-state index in [9.17, 15) is 4.79 Å². The van der Waals surface area contributed by atoms with Crippen molar-refractivity contribution in [3.8, 4) is 0 Å². The number of rotatable bonds is 5. The van der Waals surface area contributed by atoms with E-state index in [0.29, 0.717) is 30.5 Å². The molecule has 27 heavy (non-hydrogen) atoms. The average molecular weight is 388 g/mol. The minimum absolute atomic E-state index is 0.0228. The molecule has 1 fully saturated rings. The lowest BCUT2D eigenvalue weighted by atomic mass is 10.1. The van der Waals surface area contributed by atoms with Crippen LogP contribution in [0.5, 0.6) is 0 Å². The Kier molecular flexibility index (Phi) is 5.20. The summed E-state index contributed by atoms with van der Waals surface area (Å²) in [5.74, 6) is 1.57. The molecule has 142 valence electrons. The van der Waals surface area contributed by atoms with Crippen LogP contribution in [0.3, 0.4) is 0 Å². The van der Waals surface area contributed by atoms with Gasteiger partial charge in [0, 0.05) is 35.6 Å². The van der Waals surface area contributed by atoms with Gasteiger partial charge in [-0.25, -0.2) is 0 Å². The predicted octanol–water partition coefficient (Wildman–Crippen LogP) is 3.53. The van der Waals surface area contributed by atoms with Crippen LogP contribution in [0.1, 0.15) is 28.1 Å². The molecule has 1 aromatic carbocycles. The van der Waals surface area contributed by atoms with Gasteiger partial charge in [-0.1, -0.05) is 11.6 Å². The molecule has 3 aromatic rings. The lowest BCUT2D eigenvalue weighted by Gasteiger charge is -2.33. The third kappa shape index (κ3) is 4.03. The Morgan fingerprint density at radius 3 is 2.81 bits per heavy atom. The van der Waals surface area contributed by atoms with Gasteiger partial charge in [-0.15, -0.1) is 0 Å². The number of carbonyl (C=O) groups excluding carboxylic acids is 1. The molecule has 0 aliphatic carbocycles. The molecule has 4 rings (SSSR count). The summed E-state index contributed by atoms with van der Waals surface area (Å²) >= 11 is 6.03. The number of aryl methyl sites for hydroxylation is 1. The summed E-state index contributed by atoms with van der Waals surface area (Å²) in [5.41, 5.74) is 1.40. The van der Waals surface area contributed by atoms with E-state index in [2.05, 4.69) is 15.2 Å². The van der Waals surface area contributed by atoms with Gasteiger partial charge in [-0.2, -0.15) is 0 Å². The van der Waals surface area contributed by atoms with Crippen molar-refractivity contribution >= 4 is 28.4 Å². The molecule has 0 radical (unpaired) electrons. The topological polar surface area (TPSA) is 70.5 Å². The van der Waals surface area contributed by atoms with E-state index in [-0.39, 0.29) is 11.9 Å². The number of aromatic amines is 1. The number of halogens is 1. The Balaban J connectivity index is 1.49. The fourth-order valence-corrected chi connectivity index (χ4v) is 3.62. The molecule has 6 nitrogen and oxygen atoms in total. The molecule has 1 saturated heterocycles. The second-order valence-electron chi connectivity index (χ2n) is 6.74. The van der Waals surface area contributed by atoms with E-state index >= 15 is 0 Å². The summed E-state index contributed by atoms with van der Waals surface area (Å²) in [5, 5.41) is 4.60. The van der Waals surface area contributed by atoms with Gasteiger partial charge in [0.1, 0.15) is 17.2 Å². The first kappa shape index (κ1) is 18.1. The van der Waals surface area contributed by atoms with Crippen LogP contribution in [0, 0.1) is 6.92 Å². The van der Waals surface area contributed by atoms with Crippen LogP contribution in [0.2, 0.25) is 5.02 Å². The number of carbonyl (C=O) groups is 1. The normalized spacial score (nSPS) is 16.5. The highest BCUT2D eigenvalue weighted by Gasteiger charge is 2.26. The number of H-pyrrole nitrogens is 1. The molecule has 1 aliphatic heterocycles. The van der Waals surface area contributed by atoms with Crippen molar-refractivity contribution in [1.82, 2.24) is 15.2 Å². The zero-order valence-electron chi connectivity index (χ0n) is 15.1. The van der Waals surface area contributed by atoms with Gasteiger partial charge >= 0.3 is 0 Å². The Bertz CT molecular complexity index is 943. The second-order valence-corrected chi connectivity index (χ2v) is 7.17. The van der Waals surface area contributed by atoms with Crippen LogP contribution in [-0.4, -0.2) is 48.6 Å². The van der Waals surface area contributed by atoms with Crippen molar-refractivity contribution in [2.75, 3.05) is 32.8 Å². The number of morpholine rings is 1. The van der Waals surface area contributed by atoms with Crippen LogP contribution >= 0.6 is 11.6 Å². The van der Waals surface area contributed by atoms with E-state index in [1.165, 1.54) is 0 Å². The highest BCUT2D eigenvalue weighted by Crippen LogP contribution is 2.24. The zero-order chi connectivity index (χ0) is 18.8. The van der Waals surface area contributed by atoms with Crippen molar-refractivity contribution in [2.45, 2.75) is 13.0 Å². The van der Waals surface area contributed by atoms with Gasteiger partial charge < -0.3 is 19.5 Å². The van der Waals surface area contributed by atoms with E-state index in [1.807, 2.05) is 37.3 Å². The number of aromatic nitrogens is 1. The number of nitrogens with one attached hydrogen (secondary N) is 2. The third-order valence-corrected chi connectivity index (χ3v) is 5.09. The number of nitrogens with zero attached hydrogens (tertiary/aromatic N) is 1. The first-order valence-corrected chi connectivity index (χ1v) is 9.42. The molecule has 2 N–H and O–H groups in total. The minimum Gasteiger partial charge on any atom is -0.465 e. The maximum absolute atomic E-state index is 12.7. The number of benzene rings is 1. The average Bonchev–Trinajstić information content (AvgIpc) is 3.28. The van der Waals surface area contributed by atoms with Crippen LogP contribution in [0.25, 0.3) is 10.9 Å². The van der Waals surface area contributed by atoms with Gasteiger partial charge in [0.15, 0.2) is 0 Å². The maximum atomic E-state index is 12.7. The molecule has 1 aliphatic rings. The largest absolute Gasteiger partial charge is 0.465 e. The minimum atomic E-state index is -0.149. The van der Waals surface area contributed by atoms with Crippen molar-refractivity contribution in [2.24, 2.45) is 0 Å². The zero-order valence-corrected chi connectivity index (χ0v) is 15.9. The summed E-state index contributed by atoms with van der Waals surface area (Å²) in [4.78, 5) is 18.1. The second kappa shape index (κ2) is 7.76. The monoisotopic (exact) mass is 387 g/mol. The number of ether oxygens (including phenoxy) is 1. The number of amides is 1. The number of hydrogen-bond donors (Lipinski definition) is 2. The van der Waals surface area contributed by atoms with Gasteiger partial charge in [0.2, 0.25) is 0 Å². The van der Waals surface area contributed by atoms with Crippen molar-refractivity contribution in [1.29, 1.82) is 0 Å². The molecule has 1 amide bonds. The first-order valence-electron chi connectivity index (χ1n) is 9.05. The van der Waals surface area contributed by atoms with Crippen molar-refractivity contribution < 1.29 is 13.9 Å². The van der Waals surface area contributed by atoms with Crippen LogP contribution in [0.4, 0.5) is 0 Å². The fourth-order valence-electron chi connectivity index (χ4n) is 3.44. The Morgan fingerprint density at radius 1 is 1.26 bits per heavy atom.